The zero-order valence-electron chi connectivity index (χ0n) is 12.1. The summed E-state index contributed by atoms with van der Waals surface area (Å²) in [4.78, 5) is 25.3. The molecular weight excluding hydrogens is 254 g/mol. The van der Waals surface area contributed by atoms with Crippen molar-refractivity contribution < 1.29 is 9.59 Å². The normalized spacial score (nSPS) is 16.1. The van der Waals surface area contributed by atoms with E-state index in [2.05, 4.69) is 10.6 Å². The summed E-state index contributed by atoms with van der Waals surface area (Å²) in [7, 11) is 3.43. The largest absolute Gasteiger partial charge is 0.345 e. The quantitative estimate of drug-likeness (QED) is 0.867. The Hall–Kier alpha value is -1.88. The van der Waals surface area contributed by atoms with Crippen molar-refractivity contribution in [3.05, 3.63) is 29.8 Å². The highest BCUT2D eigenvalue weighted by molar-refractivity contribution is 5.96. The van der Waals surface area contributed by atoms with Crippen molar-refractivity contribution in [3.63, 3.8) is 0 Å². The first kappa shape index (κ1) is 14.5. The number of carbonyl (C=O) groups excluding carboxylic acids is 2. The maximum Gasteiger partial charge on any atom is 0.253 e. The van der Waals surface area contributed by atoms with Crippen LogP contribution in [-0.2, 0) is 4.79 Å². The Kier molecular flexibility index (Phi) is 4.39. The molecule has 1 fully saturated rings. The summed E-state index contributed by atoms with van der Waals surface area (Å²) < 4.78 is 0. The highest BCUT2D eigenvalue weighted by Crippen LogP contribution is 2.18. The molecule has 0 saturated carbocycles. The van der Waals surface area contributed by atoms with Crippen molar-refractivity contribution in [1.29, 1.82) is 0 Å². The second kappa shape index (κ2) is 6.05. The van der Waals surface area contributed by atoms with Crippen LogP contribution in [0.4, 0.5) is 5.69 Å². The zero-order chi connectivity index (χ0) is 14.7. The van der Waals surface area contributed by atoms with Crippen molar-refractivity contribution in [2.45, 2.75) is 6.92 Å². The van der Waals surface area contributed by atoms with Gasteiger partial charge in [-0.1, -0.05) is 6.92 Å². The summed E-state index contributed by atoms with van der Waals surface area (Å²) in [5.74, 6) is 0.406. The third kappa shape index (κ3) is 3.17. The molecule has 108 valence electrons. The van der Waals surface area contributed by atoms with Gasteiger partial charge in [0.05, 0.1) is 0 Å². The van der Waals surface area contributed by atoms with Crippen molar-refractivity contribution in [1.82, 2.24) is 10.2 Å². The average Bonchev–Trinajstić information content (AvgIpc) is 2.36. The number of nitrogens with zero attached hydrogens (tertiary/aromatic N) is 1. The fraction of sp³-hybridized carbons (Fsp3) is 0.467. The molecule has 1 aromatic carbocycles. The molecule has 1 unspecified atom stereocenters. The van der Waals surface area contributed by atoms with Crippen LogP contribution in [0.2, 0.25) is 0 Å². The van der Waals surface area contributed by atoms with Crippen LogP contribution >= 0.6 is 0 Å². The lowest BCUT2D eigenvalue weighted by Crippen LogP contribution is -2.48. The van der Waals surface area contributed by atoms with E-state index < -0.39 is 0 Å². The van der Waals surface area contributed by atoms with Crippen molar-refractivity contribution in [2.75, 3.05) is 32.5 Å². The van der Waals surface area contributed by atoms with E-state index >= 15 is 0 Å². The lowest BCUT2D eigenvalue weighted by Gasteiger charge is -2.31. The van der Waals surface area contributed by atoms with Gasteiger partial charge in [0.2, 0.25) is 5.91 Å². The van der Waals surface area contributed by atoms with Gasteiger partial charge >= 0.3 is 0 Å². The van der Waals surface area contributed by atoms with Crippen LogP contribution in [0.15, 0.2) is 24.3 Å². The fourth-order valence-corrected chi connectivity index (χ4v) is 2.09. The van der Waals surface area contributed by atoms with Gasteiger partial charge in [0, 0.05) is 31.3 Å². The molecule has 5 heteroatoms. The van der Waals surface area contributed by atoms with E-state index in [0.717, 1.165) is 18.8 Å². The summed E-state index contributed by atoms with van der Waals surface area (Å²) >= 11 is 0. The number of carbonyl (C=O) groups is 2. The molecule has 20 heavy (non-hydrogen) atoms. The van der Waals surface area contributed by atoms with Crippen LogP contribution in [0.5, 0.6) is 0 Å². The molecule has 1 aliphatic rings. The molecule has 1 atom stereocenters. The first-order chi connectivity index (χ1) is 9.49. The maximum atomic E-state index is 12.1. The van der Waals surface area contributed by atoms with Gasteiger partial charge in [-0.25, -0.2) is 0 Å². The number of benzene rings is 1. The molecule has 2 amide bonds. The summed E-state index contributed by atoms with van der Waals surface area (Å²) in [6.45, 7) is 3.76. The number of anilines is 1. The van der Waals surface area contributed by atoms with E-state index in [1.807, 2.05) is 6.92 Å². The molecule has 0 aliphatic carbocycles. The first-order valence-electron chi connectivity index (χ1n) is 6.82. The van der Waals surface area contributed by atoms with Crippen LogP contribution in [0.25, 0.3) is 0 Å². The van der Waals surface area contributed by atoms with Crippen LogP contribution in [0.1, 0.15) is 17.3 Å². The summed E-state index contributed by atoms with van der Waals surface area (Å²) in [5.41, 5.74) is 1.34. The molecule has 1 aliphatic heterocycles. The predicted molar refractivity (Wildman–Crippen MR) is 78.6 cm³/mol. The molecule has 1 heterocycles. The first-order valence-corrected chi connectivity index (χ1v) is 6.82. The topological polar surface area (TPSA) is 61.4 Å². The Morgan fingerprint density at radius 2 is 1.85 bits per heavy atom. The van der Waals surface area contributed by atoms with E-state index in [0.29, 0.717) is 11.5 Å². The van der Waals surface area contributed by atoms with Crippen LogP contribution in [0, 0.1) is 11.8 Å². The minimum Gasteiger partial charge on any atom is -0.345 e. The average molecular weight is 275 g/mol. The van der Waals surface area contributed by atoms with Gasteiger partial charge in [0.15, 0.2) is 0 Å². The summed E-state index contributed by atoms with van der Waals surface area (Å²) in [5, 5.41) is 6.06. The molecule has 1 aromatic rings. The minimum absolute atomic E-state index is 0.000617. The highest BCUT2D eigenvalue weighted by atomic mass is 16.2. The van der Waals surface area contributed by atoms with Crippen LogP contribution in [-0.4, -0.2) is 43.9 Å². The Balaban J connectivity index is 1.96. The van der Waals surface area contributed by atoms with Crippen LogP contribution < -0.4 is 10.6 Å². The second-order valence-corrected chi connectivity index (χ2v) is 5.47. The Morgan fingerprint density at radius 1 is 1.25 bits per heavy atom. The number of amides is 2. The predicted octanol–water partition coefficient (Wildman–Crippen LogP) is 1.18. The number of hydrogen-bond acceptors (Lipinski definition) is 3. The monoisotopic (exact) mass is 275 g/mol. The third-order valence-corrected chi connectivity index (χ3v) is 3.74. The Bertz CT molecular complexity index is 492. The number of hydrogen-bond donors (Lipinski definition) is 2. The van der Waals surface area contributed by atoms with Gasteiger partial charge in [-0.15, -0.1) is 0 Å². The SMILES string of the molecule is CC(C(=O)Nc1ccc(C(=O)N(C)C)cc1)C1CNC1. The molecule has 0 aromatic heterocycles. The number of nitrogens with one attached hydrogen (secondary N) is 2. The van der Waals surface area contributed by atoms with E-state index in [1.54, 1.807) is 38.4 Å². The van der Waals surface area contributed by atoms with Gasteiger partial charge in [-0.2, -0.15) is 0 Å². The van der Waals surface area contributed by atoms with E-state index in [1.165, 1.54) is 4.90 Å². The number of rotatable bonds is 4. The second-order valence-electron chi connectivity index (χ2n) is 5.47. The summed E-state index contributed by atoms with van der Waals surface area (Å²) in [6, 6.07) is 6.99. The third-order valence-electron chi connectivity index (χ3n) is 3.74. The van der Waals surface area contributed by atoms with E-state index in [4.69, 9.17) is 0 Å². The molecule has 0 radical (unpaired) electrons. The Labute approximate surface area is 119 Å². The molecule has 5 nitrogen and oxygen atoms in total. The fourth-order valence-electron chi connectivity index (χ4n) is 2.09. The molecule has 1 saturated heterocycles. The lowest BCUT2D eigenvalue weighted by molar-refractivity contribution is -0.121. The van der Waals surface area contributed by atoms with Gasteiger partial charge < -0.3 is 15.5 Å². The molecule has 2 N–H and O–H groups in total. The molecule has 0 bridgehead atoms. The Morgan fingerprint density at radius 3 is 2.30 bits per heavy atom. The van der Waals surface area contributed by atoms with Gasteiger partial charge in [-0.05, 0) is 43.3 Å². The highest BCUT2D eigenvalue weighted by Gasteiger charge is 2.28. The summed E-state index contributed by atoms with van der Waals surface area (Å²) in [6.07, 6.45) is 0. The van der Waals surface area contributed by atoms with Gasteiger partial charge in [0.25, 0.3) is 5.91 Å². The smallest absolute Gasteiger partial charge is 0.253 e. The van der Waals surface area contributed by atoms with E-state index in [-0.39, 0.29) is 17.7 Å². The van der Waals surface area contributed by atoms with Crippen molar-refractivity contribution in [3.8, 4) is 0 Å². The molecule has 2 rings (SSSR count). The standard InChI is InChI=1S/C15H21N3O2/c1-10(12-8-16-9-12)14(19)17-13-6-4-11(5-7-13)15(20)18(2)3/h4-7,10,12,16H,8-9H2,1-3H3,(H,17,19). The molecular formula is C15H21N3O2. The van der Waals surface area contributed by atoms with Gasteiger partial charge in [0.1, 0.15) is 0 Å². The van der Waals surface area contributed by atoms with E-state index in [9.17, 15) is 9.59 Å². The van der Waals surface area contributed by atoms with Gasteiger partial charge in [-0.3, -0.25) is 9.59 Å². The van der Waals surface area contributed by atoms with Crippen LogP contribution in [0.3, 0.4) is 0 Å². The zero-order valence-corrected chi connectivity index (χ0v) is 12.1. The minimum atomic E-state index is -0.0446. The van der Waals surface area contributed by atoms with Crippen molar-refractivity contribution in [2.24, 2.45) is 11.8 Å². The van der Waals surface area contributed by atoms with Crippen molar-refractivity contribution >= 4 is 17.5 Å². The maximum absolute atomic E-state index is 12.1. The lowest BCUT2D eigenvalue weighted by atomic mass is 9.88. The molecule has 0 spiro atoms.